The first-order chi connectivity index (χ1) is 10.6. The number of thioether (sulfide) groups is 1. The van der Waals surface area contributed by atoms with Crippen molar-refractivity contribution in [2.24, 2.45) is 0 Å². The van der Waals surface area contributed by atoms with E-state index in [9.17, 15) is 9.18 Å². The van der Waals surface area contributed by atoms with Crippen molar-refractivity contribution in [1.29, 1.82) is 0 Å². The number of nitrogens with zero attached hydrogens (tertiary/aromatic N) is 4. The molecule has 6 nitrogen and oxygen atoms in total. The van der Waals surface area contributed by atoms with Crippen molar-refractivity contribution < 1.29 is 4.39 Å². The third kappa shape index (κ3) is 2.74. The van der Waals surface area contributed by atoms with Crippen LogP contribution in [-0.2, 0) is 0 Å². The Morgan fingerprint density at radius 3 is 2.73 bits per heavy atom. The van der Waals surface area contributed by atoms with Gasteiger partial charge in [-0.25, -0.2) is 4.39 Å². The Kier molecular flexibility index (Phi) is 3.93. The van der Waals surface area contributed by atoms with Crippen LogP contribution in [-0.4, -0.2) is 24.8 Å². The second-order valence-corrected chi connectivity index (χ2v) is 5.99. The van der Waals surface area contributed by atoms with Crippen LogP contribution < -0.4 is 5.56 Å². The predicted octanol–water partition coefficient (Wildman–Crippen LogP) is 2.50. The smallest absolute Gasteiger partial charge is 0.273 e. The number of hydrogen-bond donors (Lipinski definition) is 1. The lowest BCUT2D eigenvalue weighted by Gasteiger charge is -2.13. The number of halogens is 1. The van der Waals surface area contributed by atoms with Gasteiger partial charge in [-0.2, -0.15) is 9.61 Å². The molecule has 0 saturated heterocycles. The van der Waals surface area contributed by atoms with Gasteiger partial charge in [0.15, 0.2) is 0 Å². The maximum absolute atomic E-state index is 13.0. The highest BCUT2D eigenvalue weighted by molar-refractivity contribution is 7.99. The van der Waals surface area contributed by atoms with Gasteiger partial charge in [-0.1, -0.05) is 30.8 Å². The molecule has 0 aliphatic carbocycles. The van der Waals surface area contributed by atoms with E-state index in [0.717, 1.165) is 12.0 Å². The number of aromatic nitrogens is 5. The number of nitrogens with one attached hydrogen (secondary N) is 1. The first-order valence-electron chi connectivity index (χ1n) is 6.83. The Hall–Kier alpha value is -2.22. The number of aryl methyl sites for hydroxylation is 1. The number of benzene rings is 1. The van der Waals surface area contributed by atoms with Gasteiger partial charge in [0.1, 0.15) is 11.5 Å². The molecule has 3 aromatic rings. The lowest BCUT2D eigenvalue weighted by atomic mass is 10.1. The topological polar surface area (TPSA) is 75.9 Å². The largest absolute Gasteiger partial charge is 0.288 e. The molecule has 1 N–H and O–H groups in total. The van der Waals surface area contributed by atoms with Crippen LogP contribution in [0.3, 0.4) is 0 Å². The number of fused-ring (bicyclic) bond motifs is 1. The molecule has 0 amide bonds. The van der Waals surface area contributed by atoms with Crippen molar-refractivity contribution in [3.63, 3.8) is 0 Å². The van der Waals surface area contributed by atoms with Crippen molar-refractivity contribution >= 4 is 17.5 Å². The molecule has 22 heavy (non-hydrogen) atoms. The molecule has 0 fully saturated rings. The van der Waals surface area contributed by atoms with E-state index in [1.165, 1.54) is 28.4 Å². The fourth-order valence-electron chi connectivity index (χ4n) is 2.09. The quantitative estimate of drug-likeness (QED) is 0.748. The second kappa shape index (κ2) is 5.88. The van der Waals surface area contributed by atoms with E-state index in [1.807, 2.05) is 6.92 Å². The summed E-state index contributed by atoms with van der Waals surface area (Å²) in [7, 11) is 0. The second-order valence-electron chi connectivity index (χ2n) is 4.82. The predicted molar refractivity (Wildman–Crippen MR) is 81.4 cm³/mol. The van der Waals surface area contributed by atoms with Gasteiger partial charge >= 0.3 is 0 Å². The number of rotatable bonds is 4. The Morgan fingerprint density at radius 2 is 2.05 bits per heavy atom. The van der Waals surface area contributed by atoms with E-state index in [2.05, 4.69) is 20.3 Å². The molecule has 8 heteroatoms. The molecule has 1 unspecified atom stereocenters. The zero-order chi connectivity index (χ0) is 15.7. The Morgan fingerprint density at radius 1 is 1.32 bits per heavy atom. The standard InChI is InChI=1S/C14H14FN5OS/c1-3-11(9-4-6-10(15)7-5-9)22-14-18-17-13-16-12(21)8(2)19-20(13)14/h4-7,11H,3H2,1-2H3,(H,16,17,21). The molecular weight excluding hydrogens is 305 g/mol. The third-order valence-corrected chi connectivity index (χ3v) is 4.63. The van der Waals surface area contributed by atoms with Crippen LogP contribution in [0.4, 0.5) is 4.39 Å². The highest BCUT2D eigenvalue weighted by atomic mass is 32.2. The highest BCUT2D eigenvalue weighted by Crippen LogP contribution is 2.36. The molecule has 0 saturated carbocycles. The monoisotopic (exact) mass is 319 g/mol. The summed E-state index contributed by atoms with van der Waals surface area (Å²) in [6.07, 6.45) is 0.841. The van der Waals surface area contributed by atoms with Gasteiger partial charge in [0.2, 0.25) is 5.16 Å². The van der Waals surface area contributed by atoms with Crippen molar-refractivity contribution in [1.82, 2.24) is 24.8 Å². The van der Waals surface area contributed by atoms with Crippen molar-refractivity contribution in [2.75, 3.05) is 0 Å². The molecule has 2 heterocycles. The van der Waals surface area contributed by atoms with Crippen molar-refractivity contribution in [2.45, 2.75) is 30.7 Å². The molecule has 114 valence electrons. The Labute approximate surface area is 129 Å². The molecule has 0 spiro atoms. The van der Waals surface area contributed by atoms with E-state index in [0.29, 0.717) is 16.6 Å². The summed E-state index contributed by atoms with van der Waals surface area (Å²) < 4.78 is 14.6. The summed E-state index contributed by atoms with van der Waals surface area (Å²) in [5, 5.41) is 12.9. The van der Waals surface area contributed by atoms with Gasteiger partial charge in [0, 0.05) is 5.25 Å². The van der Waals surface area contributed by atoms with E-state index in [4.69, 9.17) is 0 Å². The van der Waals surface area contributed by atoms with E-state index in [-0.39, 0.29) is 16.6 Å². The molecule has 2 aromatic heterocycles. The zero-order valence-corrected chi connectivity index (χ0v) is 12.9. The zero-order valence-electron chi connectivity index (χ0n) is 12.1. The van der Waals surface area contributed by atoms with Crippen molar-refractivity contribution in [3.05, 3.63) is 51.7 Å². The molecule has 3 rings (SSSR count). The first kappa shape index (κ1) is 14.7. The van der Waals surface area contributed by atoms with E-state index < -0.39 is 0 Å². The molecule has 1 atom stereocenters. The maximum atomic E-state index is 13.0. The summed E-state index contributed by atoms with van der Waals surface area (Å²) in [5.41, 5.74) is 1.08. The molecule has 0 bridgehead atoms. The number of hydrogen-bond acceptors (Lipinski definition) is 5. The molecular formula is C14H14FN5OS. The average Bonchev–Trinajstić information content (AvgIpc) is 2.88. The minimum Gasteiger partial charge on any atom is -0.288 e. The van der Waals surface area contributed by atoms with Crippen LogP contribution in [0.5, 0.6) is 0 Å². The minimum atomic E-state index is -0.276. The highest BCUT2D eigenvalue weighted by Gasteiger charge is 2.17. The summed E-state index contributed by atoms with van der Waals surface area (Å²) in [4.78, 5) is 14.2. The average molecular weight is 319 g/mol. The summed E-state index contributed by atoms with van der Waals surface area (Å²) in [6, 6.07) is 6.42. The van der Waals surface area contributed by atoms with Crippen LogP contribution in [0.15, 0.2) is 34.2 Å². The van der Waals surface area contributed by atoms with Gasteiger partial charge in [0.25, 0.3) is 11.3 Å². The molecule has 1 aromatic carbocycles. The fraction of sp³-hybridized carbons (Fsp3) is 0.286. The van der Waals surface area contributed by atoms with Gasteiger partial charge in [-0.15, -0.1) is 10.2 Å². The molecule has 0 aliphatic heterocycles. The lowest BCUT2D eigenvalue weighted by Crippen LogP contribution is -2.15. The van der Waals surface area contributed by atoms with Crippen LogP contribution in [0, 0.1) is 12.7 Å². The first-order valence-corrected chi connectivity index (χ1v) is 7.71. The summed E-state index contributed by atoms with van der Waals surface area (Å²) >= 11 is 1.48. The van der Waals surface area contributed by atoms with Gasteiger partial charge in [0.05, 0.1) is 0 Å². The van der Waals surface area contributed by atoms with Crippen LogP contribution in [0.1, 0.15) is 29.9 Å². The van der Waals surface area contributed by atoms with E-state index in [1.54, 1.807) is 19.1 Å². The third-order valence-electron chi connectivity index (χ3n) is 3.28. The maximum Gasteiger partial charge on any atom is 0.273 e. The van der Waals surface area contributed by atoms with Gasteiger partial charge < -0.3 is 0 Å². The summed E-state index contributed by atoms with van der Waals surface area (Å²) in [6.45, 7) is 3.68. The molecule has 0 aliphatic rings. The Bertz CT molecular complexity index is 858. The Balaban J connectivity index is 1.95. The minimum absolute atomic E-state index is 0.0991. The van der Waals surface area contributed by atoms with E-state index >= 15 is 0 Å². The number of H-pyrrole nitrogens is 1. The lowest BCUT2D eigenvalue weighted by molar-refractivity contribution is 0.626. The normalized spacial score (nSPS) is 12.7. The van der Waals surface area contributed by atoms with Gasteiger partial charge in [-0.3, -0.25) is 9.78 Å². The fourth-order valence-corrected chi connectivity index (χ4v) is 3.12. The SMILES string of the molecule is CCC(Sc1nnc2[nH]c(=O)c(C)nn12)c1ccc(F)cc1. The molecule has 0 radical (unpaired) electrons. The van der Waals surface area contributed by atoms with Crippen LogP contribution in [0.25, 0.3) is 5.78 Å². The van der Waals surface area contributed by atoms with Gasteiger partial charge in [-0.05, 0) is 31.0 Å². The van der Waals surface area contributed by atoms with Crippen LogP contribution >= 0.6 is 11.8 Å². The van der Waals surface area contributed by atoms with Crippen LogP contribution in [0.2, 0.25) is 0 Å². The number of aromatic amines is 1. The summed E-state index contributed by atoms with van der Waals surface area (Å²) in [5.74, 6) is 0.0541. The van der Waals surface area contributed by atoms with Crippen molar-refractivity contribution in [3.8, 4) is 0 Å².